The molecule has 0 bridgehead atoms. The van der Waals surface area contributed by atoms with Crippen LogP contribution in [0, 0.1) is 46.3 Å². The lowest BCUT2D eigenvalue weighted by Gasteiger charge is -2.59. The highest BCUT2D eigenvalue weighted by Crippen LogP contribution is 2.70. The molecule has 0 aromatic rings. The molecular formula is C45H73NO16. The number of nitrogens with one attached hydrogen (secondary N) is 1. The summed E-state index contributed by atoms with van der Waals surface area (Å²) in [5.41, 5.74) is 1.41. The van der Waals surface area contributed by atoms with E-state index in [9.17, 15) is 46.0 Å². The van der Waals surface area contributed by atoms with Gasteiger partial charge in [0.25, 0.3) is 0 Å². The van der Waals surface area contributed by atoms with Gasteiger partial charge in [0.15, 0.2) is 18.9 Å². The molecular weight excluding hydrogens is 810 g/mol. The van der Waals surface area contributed by atoms with Crippen molar-refractivity contribution in [2.75, 3.05) is 19.8 Å². The lowest BCUT2D eigenvalue weighted by atomic mass is 9.47. The second kappa shape index (κ2) is 17.3. The minimum Gasteiger partial charge on any atom is -0.394 e. The van der Waals surface area contributed by atoms with Gasteiger partial charge in [-0.1, -0.05) is 39.3 Å². The minimum atomic E-state index is -1.81. The van der Waals surface area contributed by atoms with Crippen LogP contribution >= 0.6 is 0 Å². The van der Waals surface area contributed by atoms with Crippen molar-refractivity contribution in [2.45, 2.75) is 202 Å². The fourth-order valence-electron chi connectivity index (χ4n) is 14.2. The minimum absolute atomic E-state index is 0.00160. The molecule has 9 rings (SSSR count). The van der Waals surface area contributed by atoms with Crippen LogP contribution < -0.4 is 5.32 Å². The fourth-order valence-corrected chi connectivity index (χ4v) is 14.2. The van der Waals surface area contributed by atoms with Crippen LogP contribution in [0.15, 0.2) is 11.6 Å². The van der Waals surface area contributed by atoms with Crippen LogP contribution in [0.5, 0.6) is 0 Å². The Kier molecular flexibility index (Phi) is 12.9. The number of piperidine rings is 1. The number of rotatable bonds is 8. The van der Waals surface area contributed by atoms with E-state index in [1.54, 1.807) is 0 Å². The second-order valence-corrected chi connectivity index (χ2v) is 21.2. The highest BCUT2D eigenvalue weighted by Gasteiger charge is 2.68. The van der Waals surface area contributed by atoms with Gasteiger partial charge in [-0.3, -0.25) is 5.32 Å². The molecule has 10 N–H and O–H groups in total. The predicted molar refractivity (Wildman–Crippen MR) is 216 cm³/mol. The first-order valence-electron chi connectivity index (χ1n) is 23.5. The molecule has 4 aliphatic carbocycles. The molecule has 1 spiro atoms. The van der Waals surface area contributed by atoms with Gasteiger partial charge in [-0.25, -0.2) is 0 Å². The summed E-state index contributed by atoms with van der Waals surface area (Å²) in [6.45, 7) is 10.8. The summed E-state index contributed by atoms with van der Waals surface area (Å²) in [5, 5.41) is 100. The lowest BCUT2D eigenvalue weighted by Crippen LogP contribution is -2.67. The molecule has 0 aromatic carbocycles. The molecule has 62 heavy (non-hydrogen) atoms. The average molecular weight is 884 g/mol. The smallest absolute Gasteiger partial charge is 0.187 e. The van der Waals surface area contributed by atoms with Crippen LogP contribution in [0.25, 0.3) is 0 Å². The summed E-state index contributed by atoms with van der Waals surface area (Å²) in [6.07, 6.45) is -11.8. The van der Waals surface area contributed by atoms with E-state index in [2.05, 4.69) is 39.1 Å². The first kappa shape index (κ1) is 46.2. The molecule has 26 atom stereocenters. The van der Waals surface area contributed by atoms with Gasteiger partial charge in [0.2, 0.25) is 0 Å². The topological polar surface area (TPSA) is 259 Å². The summed E-state index contributed by atoms with van der Waals surface area (Å²) in [4.78, 5) is 0. The first-order chi connectivity index (χ1) is 29.4. The van der Waals surface area contributed by atoms with Gasteiger partial charge in [0, 0.05) is 12.5 Å². The maximum absolute atomic E-state index is 11.8. The molecule has 0 unspecified atom stereocenters. The van der Waals surface area contributed by atoms with Crippen LogP contribution in [-0.4, -0.2) is 176 Å². The molecule has 0 radical (unpaired) electrons. The van der Waals surface area contributed by atoms with E-state index in [1.165, 1.54) is 31.8 Å². The lowest BCUT2D eigenvalue weighted by molar-refractivity contribution is -0.389. The maximum Gasteiger partial charge on any atom is 0.187 e. The van der Waals surface area contributed by atoms with Crippen molar-refractivity contribution in [3.63, 3.8) is 0 Å². The van der Waals surface area contributed by atoms with Crippen LogP contribution in [0.2, 0.25) is 0 Å². The van der Waals surface area contributed by atoms with Crippen LogP contribution in [0.1, 0.15) is 92.4 Å². The molecule has 17 nitrogen and oxygen atoms in total. The Morgan fingerprint density at radius 1 is 0.694 bits per heavy atom. The Morgan fingerprint density at radius 2 is 1.39 bits per heavy atom. The summed E-state index contributed by atoms with van der Waals surface area (Å²) in [6, 6.07) is 0. The molecule has 8 fully saturated rings. The van der Waals surface area contributed by atoms with Gasteiger partial charge in [-0.15, -0.1) is 0 Å². The molecule has 354 valence electrons. The van der Waals surface area contributed by atoms with Crippen molar-refractivity contribution in [1.29, 1.82) is 0 Å². The van der Waals surface area contributed by atoms with Gasteiger partial charge in [-0.2, -0.15) is 0 Å². The first-order valence-corrected chi connectivity index (χ1v) is 23.5. The third-order valence-corrected chi connectivity index (χ3v) is 17.9. The van der Waals surface area contributed by atoms with Crippen molar-refractivity contribution in [3.8, 4) is 0 Å². The maximum atomic E-state index is 11.8. The molecule has 9 aliphatic rings. The van der Waals surface area contributed by atoms with Gasteiger partial charge >= 0.3 is 0 Å². The Hall–Kier alpha value is -0.940. The van der Waals surface area contributed by atoms with E-state index >= 15 is 0 Å². The third kappa shape index (κ3) is 7.49. The fraction of sp³-hybridized carbons (Fsp3) is 0.956. The predicted octanol–water partition coefficient (Wildman–Crippen LogP) is -0.213. The highest BCUT2D eigenvalue weighted by atomic mass is 16.8. The number of aliphatic hydroxyl groups excluding tert-OH is 9. The molecule has 5 saturated heterocycles. The van der Waals surface area contributed by atoms with E-state index in [0.29, 0.717) is 54.5 Å². The number of ether oxygens (including phenoxy) is 7. The quantitative estimate of drug-likeness (QED) is 0.142. The zero-order chi connectivity index (χ0) is 44.2. The zero-order valence-electron chi connectivity index (χ0n) is 36.7. The van der Waals surface area contributed by atoms with Crippen molar-refractivity contribution in [1.82, 2.24) is 5.32 Å². The standard InChI is InChI=1S/C45H73NO16/c1-19-8-13-45(46-16-19)20(2)30-27(62-45)15-26-24-7-6-22-14-23(9-11-43(22,4)25(24)10-12-44(26,30)5)57-41-37(55)38(33(51)29(18-48)58-41)60-42-39(35(53)32(50)28(17-47)59-42)61-40-36(54)34(52)31(49)21(3)56-40/h6,19-21,23-42,46-55H,7-18H2,1-5H3/t19-,20-,21-,23+,24+,25-,26-,27-,28-,29+,30-,31+,32-,33+,34-,35+,36+,37+,38-,39+,40+,41+,42+,43-,44-,45+/m1/s1. The van der Waals surface area contributed by atoms with Crippen molar-refractivity contribution in [2.24, 2.45) is 46.3 Å². The Balaban J connectivity index is 0.877. The van der Waals surface area contributed by atoms with E-state index in [0.717, 1.165) is 32.2 Å². The third-order valence-electron chi connectivity index (χ3n) is 17.9. The number of allylic oxidation sites excluding steroid dienone is 1. The molecule has 5 aliphatic heterocycles. The second-order valence-electron chi connectivity index (χ2n) is 21.2. The SMILES string of the molecule is C[C@@H]1CC[C@]2(NC1)O[C@@H]1C[C@@H]3[C@H]4CC=C5C[C@@H](O[C@H]6O[C@@H](CO)[C@H](O)[C@@H](O[C@@H]7O[C@H](CO)[C@@H](O)[C@H](O)[C@@H]7O[C@@H]7O[C@H](C)[C@H](O)[C@@H](O)[C@@H]7O)[C@@H]6O)CC[C@@]5(C)[C@@H]4CC[C@@]3(C)[C@@H]1[C@H]2C. The Morgan fingerprint density at radius 3 is 2.10 bits per heavy atom. The molecule has 5 heterocycles. The Bertz CT molecular complexity index is 1620. The molecule has 0 amide bonds. The summed E-state index contributed by atoms with van der Waals surface area (Å²) < 4.78 is 42.9. The van der Waals surface area contributed by atoms with Gasteiger partial charge in [0.05, 0.1) is 31.5 Å². The summed E-state index contributed by atoms with van der Waals surface area (Å²) in [5.74, 6) is 3.43. The van der Waals surface area contributed by atoms with Crippen LogP contribution in [0.4, 0.5) is 0 Å². The van der Waals surface area contributed by atoms with E-state index in [-0.39, 0.29) is 22.7 Å². The number of fused-ring (bicyclic) bond motifs is 7. The molecule has 0 aromatic heterocycles. The number of hydrogen-bond donors (Lipinski definition) is 10. The van der Waals surface area contributed by atoms with Gasteiger partial charge in [-0.05, 0) is 105 Å². The zero-order valence-corrected chi connectivity index (χ0v) is 36.7. The van der Waals surface area contributed by atoms with Crippen molar-refractivity contribution in [3.05, 3.63) is 11.6 Å². The van der Waals surface area contributed by atoms with Gasteiger partial charge in [0.1, 0.15) is 72.9 Å². The normalized spacial score (nSPS) is 57.6. The Labute approximate surface area is 364 Å². The monoisotopic (exact) mass is 883 g/mol. The molecule has 3 saturated carbocycles. The highest BCUT2D eigenvalue weighted by molar-refractivity contribution is 5.26. The van der Waals surface area contributed by atoms with E-state index in [4.69, 9.17) is 33.2 Å². The van der Waals surface area contributed by atoms with E-state index < -0.39 is 105 Å². The largest absolute Gasteiger partial charge is 0.394 e. The van der Waals surface area contributed by atoms with Crippen LogP contribution in [0.3, 0.4) is 0 Å². The van der Waals surface area contributed by atoms with Gasteiger partial charge < -0.3 is 79.1 Å². The summed E-state index contributed by atoms with van der Waals surface area (Å²) in [7, 11) is 0. The van der Waals surface area contributed by atoms with E-state index in [1.807, 2.05) is 0 Å². The van der Waals surface area contributed by atoms with Crippen LogP contribution in [-0.2, 0) is 33.2 Å². The number of aliphatic hydroxyl groups is 9. The summed E-state index contributed by atoms with van der Waals surface area (Å²) >= 11 is 0. The number of hydrogen-bond acceptors (Lipinski definition) is 17. The molecule has 17 heteroatoms. The van der Waals surface area contributed by atoms with Crippen molar-refractivity contribution >= 4 is 0 Å². The van der Waals surface area contributed by atoms with Crippen molar-refractivity contribution < 1.29 is 79.1 Å². The average Bonchev–Trinajstić information content (AvgIpc) is 3.70.